The van der Waals surface area contributed by atoms with Crippen molar-refractivity contribution in [1.29, 1.82) is 0 Å². The molecule has 1 aliphatic heterocycles. The summed E-state index contributed by atoms with van der Waals surface area (Å²) in [6.07, 6.45) is 8.31. The van der Waals surface area contributed by atoms with Crippen molar-refractivity contribution in [2.45, 2.75) is 38.4 Å². The standard InChI is InChI=1S/C22H24FN6O4S2/c1-14-19(34-13-24-14)11-28-18-4-3-16(35(32,33)26-22(12-23)5-6-22)7-17(18)20(30)29(21(28)31)10-15-8-25-27(2)9-15/h3-4,7-9,13,17,26H,5-6,10-12H2,1-2H3/q+1. The van der Waals surface area contributed by atoms with Crippen molar-refractivity contribution in [3.05, 3.63) is 57.2 Å². The Labute approximate surface area is 205 Å². The fraction of sp³-hybridized carbons (Fsp3) is 0.409. The van der Waals surface area contributed by atoms with Gasteiger partial charge in [0.1, 0.15) is 31.4 Å². The molecule has 13 heteroatoms. The number of alkyl halides is 1. The number of hydrogen-bond acceptors (Lipinski definition) is 7. The first-order chi connectivity index (χ1) is 16.6. The molecular formula is C22H24FN6O4S2+. The summed E-state index contributed by atoms with van der Waals surface area (Å²) < 4.78 is 44.8. The molecule has 2 aliphatic carbocycles. The van der Waals surface area contributed by atoms with Crippen LogP contribution in [0, 0.1) is 12.8 Å². The molecule has 1 atom stereocenters. The maximum absolute atomic E-state index is 13.5. The maximum atomic E-state index is 13.5. The Morgan fingerprint density at radius 3 is 2.69 bits per heavy atom. The third kappa shape index (κ3) is 4.39. The van der Waals surface area contributed by atoms with Crippen molar-refractivity contribution in [3.63, 3.8) is 0 Å². The van der Waals surface area contributed by atoms with Crippen LogP contribution in [0.1, 0.15) is 29.0 Å². The van der Waals surface area contributed by atoms with E-state index in [1.807, 2.05) is 6.92 Å². The van der Waals surface area contributed by atoms with Crippen molar-refractivity contribution in [2.75, 3.05) is 6.67 Å². The first-order valence-corrected chi connectivity index (χ1v) is 13.3. The molecule has 2 aromatic heterocycles. The van der Waals surface area contributed by atoms with E-state index in [0.717, 1.165) is 15.5 Å². The summed E-state index contributed by atoms with van der Waals surface area (Å²) in [6, 6.07) is -0.505. The molecule has 5 rings (SSSR count). The topological polar surface area (TPSA) is 117 Å². The maximum Gasteiger partial charge on any atom is 0.501 e. The van der Waals surface area contributed by atoms with Gasteiger partial charge in [0, 0.05) is 18.8 Å². The Morgan fingerprint density at radius 2 is 2.09 bits per heavy atom. The van der Waals surface area contributed by atoms with Gasteiger partial charge in [0.05, 0.1) is 32.7 Å². The lowest BCUT2D eigenvalue weighted by atomic mass is 9.94. The van der Waals surface area contributed by atoms with Gasteiger partial charge in [-0.15, -0.1) is 11.3 Å². The molecule has 0 aromatic carbocycles. The predicted molar refractivity (Wildman–Crippen MR) is 126 cm³/mol. The van der Waals surface area contributed by atoms with Gasteiger partial charge in [0.2, 0.25) is 10.0 Å². The zero-order valence-corrected chi connectivity index (χ0v) is 20.8. The monoisotopic (exact) mass is 519 g/mol. The van der Waals surface area contributed by atoms with Gasteiger partial charge in [-0.25, -0.2) is 27.3 Å². The number of aromatic nitrogens is 3. The van der Waals surface area contributed by atoms with Crippen LogP contribution in [0.4, 0.5) is 9.18 Å². The molecule has 3 heterocycles. The number of thiazole rings is 1. The Morgan fingerprint density at radius 1 is 1.31 bits per heavy atom. The van der Waals surface area contributed by atoms with E-state index in [1.165, 1.54) is 34.1 Å². The summed E-state index contributed by atoms with van der Waals surface area (Å²) in [5, 5.41) is 4.10. The SMILES string of the molecule is Cc1ncsc1C[N+]1=C2C=CC(S(=O)(=O)NC3(CF)CC3)=CC2C(=O)N(Cc2cnn(C)c2)C1=O. The van der Waals surface area contributed by atoms with Gasteiger partial charge in [0.15, 0.2) is 0 Å². The van der Waals surface area contributed by atoms with E-state index in [0.29, 0.717) is 24.1 Å². The molecule has 3 amide bonds. The summed E-state index contributed by atoms with van der Waals surface area (Å²) in [6.45, 7) is 1.24. The fourth-order valence-corrected chi connectivity index (χ4v) is 6.42. The largest absolute Gasteiger partial charge is 0.501 e. The number of rotatable bonds is 8. The third-order valence-electron chi connectivity index (χ3n) is 6.39. The Kier molecular flexibility index (Phi) is 5.80. The highest BCUT2D eigenvalue weighted by Gasteiger charge is 2.50. The van der Waals surface area contributed by atoms with Gasteiger partial charge >= 0.3 is 11.9 Å². The first kappa shape index (κ1) is 23.7. The van der Waals surface area contributed by atoms with Crippen LogP contribution >= 0.6 is 11.3 Å². The number of nitrogens with one attached hydrogen (secondary N) is 1. The quantitative estimate of drug-likeness (QED) is 0.532. The number of allylic oxidation sites excluding steroid dienone is 2. The number of sulfonamides is 1. The Bertz CT molecular complexity index is 1420. The van der Waals surface area contributed by atoms with Crippen LogP contribution < -0.4 is 4.72 Å². The highest BCUT2D eigenvalue weighted by Crippen LogP contribution is 2.38. The average Bonchev–Trinajstić information content (AvgIpc) is 3.27. The minimum absolute atomic E-state index is 0.00366. The Hall–Kier alpha value is -3.03. The van der Waals surface area contributed by atoms with Gasteiger partial charge in [-0.3, -0.25) is 4.68 Å². The molecule has 184 valence electrons. The highest BCUT2D eigenvalue weighted by atomic mass is 32.2. The number of aryl methyl sites for hydroxylation is 2. The number of imide groups is 1. The van der Waals surface area contributed by atoms with Crippen molar-refractivity contribution in [1.82, 2.24) is 24.4 Å². The minimum atomic E-state index is -4.05. The number of hydrogen-bond donors (Lipinski definition) is 1. The second-order valence-electron chi connectivity index (χ2n) is 9.00. The fourth-order valence-electron chi connectivity index (χ4n) is 4.15. The second-order valence-corrected chi connectivity index (χ2v) is 11.6. The van der Waals surface area contributed by atoms with E-state index < -0.39 is 40.1 Å². The van der Waals surface area contributed by atoms with Crippen LogP contribution in [0.25, 0.3) is 0 Å². The van der Waals surface area contributed by atoms with Crippen molar-refractivity contribution >= 4 is 39.0 Å². The number of carbonyl (C=O) groups excluding carboxylic acids is 2. The zero-order valence-electron chi connectivity index (χ0n) is 19.1. The molecule has 1 fully saturated rings. The number of fused-ring (bicyclic) bond motifs is 1. The van der Waals surface area contributed by atoms with Gasteiger partial charge in [0.25, 0.3) is 0 Å². The molecular weight excluding hydrogens is 495 g/mol. The van der Waals surface area contributed by atoms with E-state index in [-0.39, 0.29) is 18.0 Å². The average molecular weight is 520 g/mol. The van der Waals surface area contributed by atoms with Crippen LogP contribution in [0.3, 0.4) is 0 Å². The number of amides is 3. The van der Waals surface area contributed by atoms with Gasteiger partial charge in [-0.1, -0.05) is 0 Å². The summed E-state index contributed by atoms with van der Waals surface area (Å²) in [5.41, 5.74) is 2.45. The van der Waals surface area contributed by atoms with Gasteiger partial charge in [-0.2, -0.15) is 19.4 Å². The van der Waals surface area contributed by atoms with Crippen LogP contribution in [0.5, 0.6) is 0 Å². The molecule has 1 N–H and O–H groups in total. The van der Waals surface area contributed by atoms with E-state index in [9.17, 15) is 22.4 Å². The number of nitrogens with zero attached hydrogens (tertiary/aromatic N) is 5. The molecule has 0 spiro atoms. The summed E-state index contributed by atoms with van der Waals surface area (Å²) >= 11 is 1.40. The van der Waals surface area contributed by atoms with E-state index in [2.05, 4.69) is 14.8 Å². The van der Waals surface area contributed by atoms with Gasteiger partial charge < -0.3 is 0 Å². The lowest BCUT2D eigenvalue weighted by molar-refractivity contribution is -0.456. The summed E-state index contributed by atoms with van der Waals surface area (Å²) in [7, 11) is -2.32. The first-order valence-electron chi connectivity index (χ1n) is 11.0. The lowest BCUT2D eigenvalue weighted by Gasteiger charge is -2.27. The lowest BCUT2D eigenvalue weighted by Crippen LogP contribution is -2.54. The number of halogens is 1. The van der Waals surface area contributed by atoms with E-state index in [4.69, 9.17) is 0 Å². The molecule has 3 aliphatic rings. The molecule has 35 heavy (non-hydrogen) atoms. The smallest absolute Gasteiger partial charge is 0.275 e. The van der Waals surface area contributed by atoms with Crippen molar-refractivity contribution < 1.29 is 27.0 Å². The summed E-state index contributed by atoms with van der Waals surface area (Å²) in [5.74, 6) is -1.52. The second kappa shape index (κ2) is 8.57. The van der Waals surface area contributed by atoms with Gasteiger partial charge in [-0.05, 0) is 38.0 Å². The van der Waals surface area contributed by atoms with Crippen LogP contribution in [0.15, 0.2) is 41.0 Å². The molecule has 1 unspecified atom stereocenters. The highest BCUT2D eigenvalue weighted by molar-refractivity contribution is 7.93. The zero-order chi connectivity index (χ0) is 25.0. The van der Waals surface area contributed by atoms with E-state index >= 15 is 0 Å². The molecule has 0 bridgehead atoms. The van der Waals surface area contributed by atoms with Crippen LogP contribution in [0.2, 0.25) is 0 Å². The molecule has 2 aromatic rings. The Balaban J connectivity index is 1.54. The van der Waals surface area contributed by atoms with Crippen LogP contribution in [-0.2, 0) is 35.0 Å². The third-order valence-corrected chi connectivity index (χ3v) is 8.90. The molecule has 1 saturated carbocycles. The predicted octanol–water partition coefficient (Wildman–Crippen LogP) is 1.79. The molecule has 10 nitrogen and oxygen atoms in total. The number of urea groups is 1. The van der Waals surface area contributed by atoms with E-state index in [1.54, 1.807) is 29.6 Å². The number of carbonyl (C=O) groups is 2. The van der Waals surface area contributed by atoms with Crippen molar-refractivity contribution in [3.8, 4) is 0 Å². The molecule has 0 radical (unpaired) electrons. The summed E-state index contributed by atoms with van der Waals surface area (Å²) in [4.78, 5) is 33.1. The molecule has 0 saturated heterocycles. The van der Waals surface area contributed by atoms with Crippen LogP contribution in [-0.4, -0.2) is 62.5 Å². The normalized spacial score (nSPS) is 21.4. The minimum Gasteiger partial charge on any atom is -0.275 e. The van der Waals surface area contributed by atoms with Crippen molar-refractivity contribution in [2.24, 2.45) is 13.0 Å².